The van der Waals surface area contributed by atoms with Crippen LogP contribution in [0.5, 0.6) is 0 Å². The molecule has 7 nitrogen and oxygen atoms in total. The molecule has 1 amide bonds. The van der Waals surface area contributed by atoms with Gasteiger partial charge in [0.05, 0.1) is 21.9 Å². The first-order chi connectivity index (χ1) is 12.1. The minimum atomic E-state index is -3.53. The molecule has 1 aromatic rings. The maximum Gasteiger partial charge on any atom is 0.251 e. The zero-order valence-electron chi connectivity index (χ0n) is 14.8. The van der Waals surface area contributed by atoms with Crippen molar-refractivity contribution in [2.75, 3.05) is 24.6 Å². The van der Waals surface area contributed by atoms with Gasteiger partial charge in [-0.3, -0.25) is 4.79 Å². The maximum absolute atomic E-state index is 12.6. The maximum atomic E-state index is 12.6. The molecule has 0 bridgehead atoms. The molecule has 3 rings (SSSR count). The van der Waals surface area contributed by atoms with Crippen LogP contribution in [0.4, 0.5) is 0 Å². The second-order valence-electron chi connectivity index (χ2n) is 7.35. The zero-order chi connectivity index (χ0) is 19.0. The summed E-state index contributed by atoms with van der Waals surface area (Å²) in [7, 11) is -6.65. The Hall–Kier alpha value is -1.45. The molecular formula is C17H24N2O5S2. The Labute approximate surface area is 154 Å². The third-order valence-corrected chi connectivity index (χ3v) is 8.80. The van der Waals surface area contributed by atoms with Gasteiger partial charge in [0.15, 0.2) is 9.84 Å². The second kappa shape index (κ2) is 6.94. The quantitative estimate of drug-likeness (QED) is 0.818. The molecule has 2 saturated heterocycles. The molecule has 144 valence electrons. The van der Waals surface area contributed by atoms with Crippen LogP contribution in [0.15, 0.2) is 29.2 Å². The highest BCUT2D eigenvalue weighted by atomic mass is 32.2. The number of amides is 1. The van der Waals surface area contributed by atoms with E-state index in [1.165, 1.54) is 28.6 Å². The van der Waals surface area contributed by atoms with Gasteiger partial charge in [-0.2, -0.15) is 4.31 Å². The summed E-state index contributed by atoms with van der Waals surface area (Å²) in [4.78, 5) is 12.6. The number of carbonyl (C=O) groups excluding carboxylic acids is 1. The van der Waals surface area contributed by atoms with Crippen LogP contribution in [0.25, 0.3) is 0 Å². The van der Waals surface area contributed by atoms with E-state index in [9.17, 15) is 21.6 Å². The molecule has 0 unspecified atom stereocenters. The first-order valence-electron chi connectivity index (χ1n) is 8.75. The van der Waals surface area contributed by atoms with Gasteiger partial charge in [0, 0.05) is 18.7 Å². The molecule has 26 heavy (non-hydrogen) atoms. The van der Waals surface area contributed by atoms with Crippen LogP contribution in [-0.4, -0.2) is 57.2 Å². The topological polar surface area (TPSA) is 101 Å². The molecule has 9 heteroatoms. The van der Waals surface area contributed by atoms with E-state index in [4.69, 9.17) is 0 Å². The molecule has 0 aliphatic carbocycles. The van der Waals surface area contributed by atoms with E-state index in [1.54, 1.807) is 6.92 Å². The molecule has 2 heterocycles. The van der Waals surface area contributed by atoms with E-state index >= 15 is 0 Å². The number of sulfonamides is 1. The first kappa shape index (κ1) is 19.3. The number of rotatable bonds is 4. The number of nitrogens with one attached hydrogen (secondary N) is 1. The van der Waals surface area contributed by atoms with Gasteiger partial charge in [-0.15, -0.1) is 0 Å². The molecule has 0 spiro atoms. The van der Waals surface area contributed by atoms with Crippen LogP contribution < -0.4 is 5.32 Å². The van der Waals surface area contributed by atoms with Crippen LogP contribution in [0.1, 0.15) is 43.0 Å². The lowest BCUT2D eigenvalue weighted by atomic mass is 10.0. The lowest BCUT2D eigenvalue weighted by Gasteiger charge is -2.26. The Kier molecular flexibility index (Phi) is 5.15. The monoisotopic (exact) mass is 400 g/mol. The SMILES string of the molecule is C[C@@]1(NC(=O)c2ccc(S(=O)(=O)N3CCCCC3)cc2)CCS(=O)(=O)C1. The number of nitrogens with zero attached hydrogens (tertiary/aromatic N) is 1. The molecule has 0 saturated carbocycles. The van der Waals surface area contributed by atoms with Gasteiger partial charge in [0.25, 0.3) is 5.91 Å². The highest BCUT2D eigenvalue weighted by molar-refractivity contribution is 7.91. The predicted octanol–water partition coefficient (Wildman–Crippen LogP) is 1.17. The predicted molar refractivity (Wildman–Crippen MR) is 98.2 cm³/mol. The largest absolute Gasteiger partial charge is 0.346 e. The Balaban J connectivity index is 1.72. The lowest BCUT2D eigenvalue weighted by Crippen LogP contribution is -2.46. The van der Waals surface area contributed by atoms with Crippen molar-refractivity contribution in [3.05, 3.63) is 29.8 Å². The van der Waals surface area contributed by atoms with Crippen molar-refractivity contribution in [2.45, 2.75) is 43.0 Å². The molecule has 1 aromatic carbocycles. The number of piperidine rings is 1. The van der Waals surface area contributed by atoms with Crippen LogP contribution in [0.3, 0.4) is 0 Å². The summed E-state index contributed by atoms with van der Waals surface area (Å²) in [5.74, 6) is -0.407. The van der Waals surface area contributed by atoms with Gasteiger partial charge >= 0.3 is 0 Å². The number of sulfone groups is 1. The Morgan fingerprint density at radius 2 is 1.73 bits per heavy atom. The van der Waals surface area contributed by atoms with E-state index in [2.05, 4.69) is 5.32 Å². The number of hydrogen-bond acceptors (Lipinski definition) is 5. The fraction of sp³-hybridized carbons (Fsp3) is 0.588. The van der Waals surface area contributed by atoms with Gasteiger partial charge in [-0.25, -0.2) is 16.8 Å². The minimum Gasteiger partial charge on any atom is -0.346 e. The van der Waals surface area contributed by atoms with Crippen molar-refractivity contribution in [2.24, 2.45) is 0 Å². The highest BCUT2D eigenvalue weighted by Crippen LogP contribution is 2.24. The third-order valence-electron chi connectivity index (χ3n) is 4.99. The molecular weight excluding hydrogens is 376 g/mol. The molecule has 2 aliphatic heterocycles. The normalized spacial score (nSPS) is 26.5. The van der Waals surface area contributed by atoms with Crippen molar-refractivity contribution < 1.29 is 21.6 Å². The van der Waals surface area contributed by atoms with Crippen molar-refractivity contribution in [1.82, 2.24) is 9.62 Å². The highest BCUT2D eigenvalue weighted by Gasteiger charge is 2.39. The third kappa shape index (κ3) is 4.10. The van der Waals surface area contributed by atoms with E-state index in [0.29, 0.717) is 25.1 Å². The van der Waals surface area contributed by atoms with Gasteiger partial charge in [-0.05, 0) is 50.5 Å². The summed E-state index contributed by atoms with van der Waals surface area (Å²) in [5.41, 5.74) is -0.470. The van der Waals surface area contributed by atoms with Crippen LogP contribution in [0, 0.1) is 0 Å². The molecule has 0 aromatic heterocycles. The van der Waals surface area contributed by atoms with Crippen molar-refractivity contribution >= 4 is 25.8 Å². The van der Waals surface area contributed by atoms with Crippen molar-refractivity contribution in [1.29, 1.82) is 0 Å². The smallest absolute Gasteiger partial charge is 0.251 e. The van der Waals surface area contributed by atoms with Crippen LogP contribution in [-0.2, 0) is 19.9 Å². The van der Waals surface area contributed by atoms with Crippen molar-refractivity contribution in [3.8, 4) is 0 Å². The second-order valence-corrected chi connectivity index (χ2v) is 11.5. The first-order valence-corrected chi connectivity index (χ1v) is 12.0. The number of hydrogen-bond donors (Lipinski definition) is 1. The lowest BCUT2D eigenvalue weighted by molar-refractivity contribution is 0.0915. The summed E-state index contributed by atoms with van der Waals surface area (Å²) in [6.45, 7) is 2.76. The van der Waals surface area contributed by atoms with Gasteiger partial charge in [-0.1, -0.05) is 6.42 Å². The van der Waals surface area contributed by atoms with E-state index in [0.717, 1.165) is 19.3 Å². The van der Waals surface area contributed by atoms with Crippen LogP contribution in [0.2, 0.25) is 0 Å². The number of benzene rings is 1. The standard InChI is InChI=1S/C17H24N2O5S2/c1-17(9-12-25(21,22)13-17)18-16(20)14-5-7-15(8-6-14)26(23,24)19-10-3-2-4-11-19/h5-8H,2-4,9-13H2,1H3,(H,18,20)/t17-/m1/s1. The van der Waals surface area contributed by atoms with E-state index in [1.807, 2.05) is 0 Å². The summed E-state index contributed by atoms with van der Waals surface area (Å²) in [5, 5.41) is 2.77. The average Bonchev–Trinajstić information content (AvgIpc) is 2.88. The van der Waals surface area contributed by atoms with Gasteiger partial charge < -0.3 is 5.32 Å². The Morgan fingerprint density at radius 3 is 2.27 bits per heavy atom. The fourth-order valence-electron chi connectivity index (χ4n) is 3.49. The summed E-state index contributed by atoms with van der Waals surface area (Å²) in [6.07, 6.45) is 3.14. The molecule has 2 fully saturated rings. The Morgan fingerprint density at radius 1 is 1.12 bits per heavy atom. The fourth-order valence-corrected chi connectivity index (χ4v) is 7.10. The summed E-state index contributed by atoms with van der Waals surface area (Å²) in [6, 6.07) is 5.82. The van der Waals surface area contributed by atoms with E-state index < -0.39 is 31.3 Å². The number of carbonyl (C=O) groups is 1. The van der Waals surface area contributed by atoms with Gasteiger partial charge in [0.1, 0.15) is 0 Å². The molecule has 2 aliphatic rings. The molecule has 0 radical (unpaired) electrons. The van der Waals surface area contributed by atoms with Crippen molar-refractivity contribution in [3.63, 3.8) is 0 Å². The Bertz CT molecular complexity index is 888. The molecule has 1 atom stereocenters. The van der Waals surface area contributed by atoms with Gasteiger partial charge in [0.2, 0.25) is 10.0 Å². The molecule has 1 N–H and O–H groups in total. The summed E-state index contributed by atoms with van der Waals surface area (Å²) >= 11 is 0. The minimum absolute atomic E-state index is 0.0663. The van der Waals surface area contributed by atoms with Crippen LogP contribution >= 0.6 is 0 Å². The van der Waals surface area contributed by atoms with E-state index in [-0.39, 0.29) is 16.4 Å². The average molecular weight is 401 g/mol. The zero-order valence-corrected chi connectivity index (χ0v) is 16.4. The summed E-state index contributed by atoms with van der Waals surface area (Å²) < 4.78 is 50.0.